The minimum Gasteiger partial charge on any atom is -0.454 e. The first-order valence-electron chi connectivity index (χ1n) is 9.18. The Morgan fingerprint density at radius 2 is 1.93 bits per heavy atom. The van der Waals surface area contributed by atoms with Gasteiger partial charge in [-0.2, -0.15) is 0 Å². The van der Waals surface area contributed by atoms with E-state index in [1.807, 2.05) is 18.2 Å². The lowest BCUT2D eigenvalue weighted by atomic mass is 10.2. The molecule has 2 aliphatic rings. The van der Waals surface area contributed by atoms with Gasteiger partial charge in [-0.25, -0.2) is 8.78 Å². The fourth-order valence-corrected chi connectivity index (χ4v) is 3.50. The van der Waals surface area contributed by atoms with Crippen LogP contribution in [0.4, 0.5) is 14.5 Å². The number of hydrogen-bond donors (Lipinski definition) is 2. The second-order valence-corrected chi connectivity index (χ2v) is 6.76. The smallest absolute Gasteiger partial charge is 0.231 e. The topological polar surface area (TPSA) is 58.1 Å². The number of nitrogens with zero attached hydrogens (tertiary/aromatic N) is 2. The molecule has 0 radical (unpaired) electrons. The van der Waals surface area contributed by atoms with Crippen LogP contribution < -0.4 is 25.0 Å². The zero-order valence-electron chi connectivity index (χ0n) is 16.0. The van der Waals surface area contributed by atoms with E-state index in [0.29, 0.717) is 25.6 Å². The number of benzene rings is 2. The standard InChI is InChI=1S/C20H22F2N4O2.HI/c1-23-20(24-10-13-5-6-17-18(9-13)28-12-27-17)25-14-7-8-26(11-14)19-15(21)3-2-4-16(19)22;/h2-6,9,14H,7-8,10-12H2,1H3,(H2,23,24,25);1H. The van der Waals surface area contributed by atoms with Gasteiger partial charge in [0.25, 0.3) is 0 Å². The van der Waals surface area contributed by atoms with E-state index in [1.54, 1.807) is 11.9 Å². The number of rotatable bonds is 4. The summed E-state index contributed by atoms with van der Waals surface area (Å²) in [6, 6.07) is 9.76. The molecular formula is C20H23F2IN4O2. The van der Waals surface area contributed by atoms with Crippen molar-refractivity contribution in [1.29, 1.82) is 0 Å². The molecule has 9 heteroatoms. The number of fused-ring (bicyclic) bond motifs is 1. The summed E-state index contributed by atoms with van der Waals surface area (Å²) in [5.74, 6) is 1.05. The highest BCUT2D eigenvalue weighted by atomic mass is 127. The van der Waals surface area contributed by atoms with Gasteiger partial charge in [-0.15, -0.1) is 24.0 Å². The number of ether oxygens (including phenoxy) is 2. The highest BCUT2D eigenvalue weighted by molar-refractivity contribution is 14.0. The van der Waals surface area contributed by atoms with E-state index < -0.39 is 11.6 Å². The Morgan fingerprint density at radius 1 is 1.17 bits per heavy atom. The monoisotopic (exact) mass is 516 g/mol. The highest BCUT2D eigenvalue weighted by Gasteiger charge is 2.27. The Bertz CT molecular complexity index is 877. The van der Waals surface area contributed by atoms with E-state index >= 15 is 0 Å². The normalized spacial score (nSPS) is 17.8. The summed E-state index contributed by atoms with van der Waals surface area (Å²) in [5, 5.41) is 6.58. The van der Waals surface area contributed by atoms with E-state index in [2.05, 4.69) is 15.6 Å². The summed E-state index contributed by atoms with van der Waals surface area (Å²) in [7, 11) is 1.69. The van der Waals surface area contributed by atoms with E-state index in [0.717, 1.165) is 23.5 Å². The molecule has 2 N–H and O–H groups in total. The molecule has 1 fully saturated rings. The van der Waals surface area contributed by atoms with E-state index in [-0.39, 0.29) is 42.5 Å². The molecule has 4 rings (SSSR count). The Hall–Kier alpha value is -2.30. The van der Waals surface area contributed by atoms with Gasteiger partial charge in [0.05, 0.1) is 0 Å². The summed E-state index contributed by atoms with van der Waals surface area (Å²) < 4.78 is 38.7. The van der Waals surface area contributed by atoms with Gasteiger partial charge in [-0.05, 0) is 36.2 Å². The number of hydrogen-bond acceptors (Lipinski definition) is 4. The van der Waals surface area contributed by atoms with Crippen molar-refractivity contribution in [3.05, 3.63) is 53.6 Å². The molecule has 0 amide bonds. The largest absolute Gasteiger partial charge is 0.454 e. The average Bonchev–Trinajstić information content (AvgIpc) is 3.34. The number of para-hydroxylation sites is 1. The fourth-order valence-electron chi connectivity index (χ4n) is 3.50. The molecule has 0 bridgehead atoms. The van der Waals surface area contributed by atoms with Crippen molar-refractivity contribution in [2.75, 3.05) is 31.8 Å². The van der Waals surface area contributed by atoms with Crippen LogP contribution in [0.2, 0.25) is 0 Å². The van der Waals surface area contributed by atoms with Gasteiger partial charge in [0, 0.05) is 32.7 Å². The van der Waals surface area contributed by atoms with Gasteiger partial charge in [-0.3, -0.25) is 4.99 Å². The zero-order valence-corrected chi connectivity index (χ0v) is 18.3. The van der Waals surface area contributed by atoms with Crippen LogP contribution in [0.15, 0.2) is 41.4 Å². The molecule has 156 valence electrons. The minimum absolute atomic E-state index is 0. The van der Waals surface area contributed by atoms with E-state index in [9.17, 15) is 8.78 Å². The van der Waals surface area contributed by atoms with Crippen molar-refractivity contribution < 1.29 is 18.3 Å². The second-order valence-electron chi connectivity index (χ2n) is 6.76. The van der Waals surface area contributed by atoms with Crippen molar-refractivity contribution in [3.8, 4) is 11.5 Å². The molecule has 0 aliphatic carbocycles. The SMILES string of the molecule is CN=C(NCc1ccc2c(c1)OCO2)NC1CCN(c2c(F)cccc2F)C1.I. The molecular weight excluding hydrogens is 493 g/mol. The Kier molecular flexibility index (Phi) is 6.99. The first-order chi connectivity index (χ1) is 13.6. The molecule has 1 saturated heterocycles. The van der Waals surface area contributed by atoms with Gasteiger partial charge in [0.2, 0.25) is 6.79 Å². The third-order valence-electron chi connectivity index (χ3n) is 4.90. The Morgan fingerprint density at radius 3 is 2.69 bits per heavy atom. The maximum atomic E-state index is 14.0. The van der Waals surface area contributed by atoms with Crippen LogP contribution in [0.3, 0.4) is 0 Å². The van der Waals surface area contributed by atoms with Crippen LogP contribution in [0, 0.1) is 11.6 Å². The van der Waals surface area contributed by atoms with Gasteiger partial charge < -0.3 is 25.0 Å². The molecule has 6 nitrogen and oxygen atoms in total. The molecule has 1 unspecified atom stereocenters. The van der Waals surface area contributed by atoms with Crippen LogP contribution in [-0.4, -0.2) is 38.9 Å². The Balaban J connectivity index is 0.00000240. The lowest BCUT2D eigenvalue weighted by Gasteiger charge is -2.21. The van der Waals surface area contributed by atoms with E-state index in [4.69, 9.17) is 9.47 Å². The van der Waals surface area contributed by atoms with Crippen LogP contribution in [0.25, 0.3) is 0 Å². The quantitative estimate of drug-likeness (QED) is 0.372. The second kappa shape index (κ2) is 9.47. The molecule has 2 heterocycles. The molecule has 0 aromatic heterocycles. The lowest BCUT2D eigenvalue weighted by molar-refractivity contribution is 0.174. The van der Waals surface area contributed by atoms with E-state index in [1.165, 1.54) is 18.2 Å². The van der Waals surface area contributed by atoms with Crippen molar-refractivity contribution in [2.45, 2.75) is 19.0 Å². The third kappa shape index (κ3) is 4.82. The molecule has 2 aromatic carbocycles. The van der Waals surface area contributed by atoms with Gasteiger partial charge in [0.15, 0.2) is 17.5 Å². The maximum Gasteiger partial charge on any atom is 0.231 e. The summed E-state index contributed by atoms with van der Waals surface area (Å²) in [6.07, 6.45) is 0.762. The molecule has 0 spiro atoms. The number of halogens is 3. The number of aliphatic imine (C=N–C) groups is 1. The number of anilines is 1. The zero-order chi connectivity index (χ0) is 19.5. The van der Waals surface area contributed by atoms with Gasteiger partial charge in [-0.1, -0.05) is 12.1 Å². The third-order valence-corrected chi connectivity index (χ3v) is 4.90. The van der Waals surface area contributed by atoms with Gasteiger partial charge >= 0.3 is 0 Å². The highest BCUT2D eigenvalue weighted by Crippen LogP contribution is 2.32. The van der Waals surface area contributed by atoms with Crippen LogP contribution in [0.1, 0.15) is 12.0 Å². The summed E-state index contributed by atoms with van der Waals surface area (Å²) in [5.41, 5.74) is 1.07. The molecule has 1 atom stereocenters. The van der Waals surface area contributed by atoms with Crippen molar-refractivity contribution in [3.63, 3.8) is 0 Å². The Labute approximate surface area is 185 Å². The van der Waals surface area contributed by atoms with Crippen molar-refractivity contribution in [2.24, 2.45) is 4.99 Å². The van der Waals surface area contributed by atoms with Gasteiger partial charge in [0.1, 0.15) is 17.3 Å². The summed E-state index contributed by atoms with van der Waals surface area (Å²) >= 11 is 0. The molecule has 0 saturated carbocycles. The van der Waals surface area contributed by atoms with Crippen LogP contribution >= 0.6 is 24.0 Å². The van der Waals surface area contributed by atoms with Crippen molar-refractivity contribution >= 4 is 35.6 Å². The first kappa shape index (κ1) is 21.4. The number of guanidine groups is 1. The lowest BCUT2D eigenvalue weighted by Crippen LogP contribution is -2.44. The van der Waals surface area contributed by atoms with Crippen LogP contribution in [0.5, 0.6) is 11.5 Å². The molecule has 29 heavy (non-hydrogen) atoms. The predicted molar refractivity (Wildman–Crippen MR) is 118 cm³/mol. The maximum absolute atomic E-state index is 14.0. The minimum atomic E-state index is -0.536. The summed E-state index contributed by atoms with van der Waals surface area (Å²) in [4.78, 5) is 5.97. The number of nitrogens with one attached hydrogen (secondary N) is 2. The molecule has 2 aliphatic heterocycles. The fraction of sp³-hybridized carbons (Fsp3) is 0.350. The van der Waals surface area contributed by atoms with Crippen LogP contribution in [-0.2, 0) is 6.54 Å². The first-order valence-corrected chi connectivity index (χ1v) is 9.18. The summed E-state index contributed by atoms with van der Waals surface area (Å²) in [6.45, 7) is 1.89. The predicted octanol–water partition coefficient (Wildman–Crippen LogP) is 3.26. The molecule has 2 aromatic rings. The van der Waals surface area contributed by atoms with Crippen molar-refractivity contribution in [1.82, 2.24) is 10.6 Å². The average molecular weight is 516 g/mol.